The van der Waals surface area contributed by atoms with E-state index in [1.165, 1.54) is 5.56 Å². The van der Waals surface area contributed by atoms with Crippen molar-refractivity contribution in [2.75, 3.05) is 46.1 Å². The van der Waals surface area contributed by atoms with Gasteiger partial charge in [-0.25, -0.2) is 0 Å². The molecule has 0 aliphatic carbocycles. The van der Waals surface area contributed by atoms with Crippen LogP contribution < -0.4 is 4.74 Å². The number of aromatic hydroxyl groups is 1. The Morgan fingerprint density at radius 1 is 1.10 bits per heavy atom. The van der Waals surface area contributed by atoms with E-state index < -0.39 is 0 Å². The van der Waals surface area contributed by atoms with Crippen LogP contribution in [0, 0.1) is 4.77 Å². The smallest absolute Gasteiger partial charge is 0.214 e. The van der Waals surface area contributed by atoms with Gasteiger partial charge < -0.3 is 28.9 Å². The second-order valence-corrected chi connectivity index (χ2v) is 12.1. The monoisotopic (exact) mass is 624 g/mol. The highest BCUT2D eigenvalue weighted by Crippen LogP contribution is 2.43. The normalized spacial score (nSPS) is 21.0. The number of aromatic nitrogens is 3. The molecule has 8 nitrogen and oxygen atoms in total. The molecule has 4 aromatic rings. The molecule has 10 heteroatoms. The Morgan fingerprint density at radius 2 is 1.93 bits per heavy atom. The average Bonchev–Trinajstić information content (AvgIpc) is 3.68. The highest BCUT2D eigenvalue weighted by atomic mass is 79.9. The molecule has 5 heterocycles. The van der Waals surface area contributed by atoms with E-state index in [1.54, 1.807) is 0 Å². The number of H-pyrrole nitrogens is 1. The van der Waals surface area contributed by atoms with Gasteiger partial charge in [0, 0.05) is 53.7 Å². The van der Waals surface area contributed by atoms with Crippen molar-refractivity contribution in [3.05, 3.63) is 74.2 Å². The summed E-state index contributed by atoms with van der Waals surface area (Å²) >= 11 is 9.68. The number of halogens is 1. The molecule has 0 saturated carbocycles. The maximum Gasteiger partial charge on any atom is 0.214 e. The zero-order valence-electron chi connectivity index (χ0n) is 22.3. The third kappa shape index (κ3) is 4.79. The van der Waals surface area contributed by atoms with E-state index in [0.29, 0.717) is 24.3 Å². The first-order valence-electron chi connectivity index (χ1n) is 14.0. The lowest BCUT2D eigenvalue weighted by atomic mass is 9.93. The first kappa shape index (κ1) is 26.3. The molecule has 2 aromatic heterocycles. The summed E-state index contributed by atoms with van der Waals surface area (Å²) in [5, 5.41) is 12.6. The van der Waals surface area contributed by atoms with Crippen molar-refractivity contribution in [1.29, 1.82) is 0 Å². The van der Waals surface area contributed by atoms with Crippen molar-refractivity contribution < 1.29 is 19.3 Å². The van der Waals surface area contributed by atoms with Crippen molar-refractivity contribution in [3.63, 3.8) is 0 Å². The van der Waals surface area contributed by atoms with Gasteiger partial charge in [-0.05, 0) is 66.5 Å². The number of hydrogen-bond acceptors (Lipinski definition) is 6. The lowest BCUT2D eigenvalue weighted by Gasteiger charge is -2.27. The average molecular weight is 626 g/mol. The first-order valence-corrected chi connectivity index (χ1v) is 15.2. The maximum atomic E-state index is 11.5. The highest BCUT2D eigenvalue weighted by Gasteiger charge is 2.35. The molecule has 2 saturated heterocycles. The molecular weight excluding hydrogens is 592 g/mol. The topological polar surface area (TPSA) is 76.8 Å². The van der Waals surface area contributed by atoms with Crippen LogP contribution in [0.4, 0.5) is 0 Å². The van der Waals surface area contributed by atoms with Gasteiger partial charge in [-0.15, -0.1) is 0 Å². The first-order chi connectivity index (χ1) is 19.6. The van der Waals surface area contributed by atoms with Gasteiger partial charge >= 0.3 is 0 Å². The van der Waals surface area contributed by atoms with Crippen LogP contribution in [0.3, 0.4) is 0 Å². The number of morpholine rings is 1. The van der Waals surface area contributed by atoms with Crippen LogP contribution in [0.15, 0.2) is 46.9 Å². The molecule has 0 amide bonds. The molecule has 3 aliphatic rings. The molecule has 210 valence electrons. The summed E-state index contributed by atoms with van der Waals surface area (Å²) in [7, 11) is 0. The van der Waals surface area contributed by atoms with E-state index in [9.17, 15) is 5.11 Å². The van der Waals surface area contributed by atoms with Gasteiger partial charge in [-0.3, -0.25) is 9.47 Å². The Bertz CT molecular complexity index is 1580. The standard InChI is InChI=1S/C30H33BrN4O4S/c31-20-5-8-25-23(16-20)24-17-26-29(36)34(18-22-2-1-12-38-22)30(40)35(26)28(27(24)32-25)19-3-6-21(7-4-19)39-15-11-33-9-13-37-14-10-33/h3-8,16,22,28,32,36H,1-2,9-15,17-18H2. The Hall–Kier alpha value is -2.63. The number of hydrogen-bond donors (Lipinski definition) is 2. The number of fused-ring (bicyclic) bond motifs is 4. The minimum atomic E-state index is -0.198. The fraction of sp³-hybridized carbons (Fsp3) is 0.433. The Kier molecular flexibility index (Phi) is 7.21. The minimum Gasteiger partial charge on any atom is -0.493 e. The number of rotatable bonds is 7. The Balaban J connectivity index is 1.24. The van der Waals surface area contributed by atoms with Crippen LogP contribution in [-0.2, 0) is 22.4 Å². The van der Waals surface area contributed by atoms with E-state index in [4.69, 9.17) is 26.4 Å². The largest absolute Gasteiger partial charge is 0.493 e. The van der Waals surface area contributed by atoms with E-state index in [2.05, 4.69) is 54.6 Å². The summed E-state index contributed by atoms with van der Waals surface area (Å²) in [4.78, 5) is 6.06. The molecule has 2 fully saturated rings. The van der Waals surface area contributed by atoms with Crippen LogP contribution in [-0.4, -0.2) is 76.3 Å². The van der Waals surface area contributed by atoms with Gasteiger partial charge in [0.2, 0.25) is 5.88 Å². The van der Waals surface area contributed by atoms with Crippen LogP contribution in [0.2, 0.25) is 0 Å². The molecule has 2 N–H and O–H groups in total. The second-order valence-electron chi connectivity index (χ2n) is 10.8. The summed E-state index contributed by atoms with van der Waals surface area (Å²) in [6, 6.07) is 14.4. The van der Waals surface area contributed by atoms with Crippen LogP contribution in [0.1, 0.15) is 41.4 Å². The lowest BCUT2D eigenvalue weighted by molar-refractivity contribution is 0.0322. The van der Waals surface area contributed by atoms with Gasteiger partial charge in [0.05, 0.1) is 31.6 Å². The molecule has 2 unspecified atom stereocenters. The summed E-state index contributed by atoms with van der Waals surface area (Å²) in [5.41, 5.74) is 5.29. The van der Waals surface area contributed by atoms with E-state index in [1.807, 2.05) is 22.8 Å². The fourth-order valence-electron chi connectivity index (χ4n) is 6.33. The van der Waals surface area contributed by atoms with Crippen molar-refractivity contribution >= 4 is 39.1 Å². The molecular formula is C30H33BrN4O4S. The zero-order valence-corrected chi connectivity index (χ0v) is 24.7. The quantitative estimate of drug-likeness (QED) is 0.236. The number of nitrogens with zero attached hydrogens (tertiary/aromatic N) is 3. The summed E-state index contributed by atoms with van der Waals surface area (Å²) in [5.74, 6) is 1.08. The van der Waals surface area contributed by atoms with Gasteiger partial charge in [0.25, 0.3) is 0 Å². The summed E-state index contributed by atoms with van der Waals surface area (Å²) < 4.78 is 23.1. The van der Waals surface area contributed by atoms with Gasteiger partial charge in [-0.1, -0.05) is 28.1 Å². The van der Waals surface area contributed by atoms with E-state index >= 15 is 0 Å². The SMILES string of the molecule is Oc1c2n(c(=S)n1CC1CCCO1)C(c1ccc(OCCN3CCOCC3)cc1)c1[nH]c3ccc(Br)cc3c1C2. The highest BCUT2D eigenvalue weighted by molar-refractivity contribution is 9.10. The molecule has 0 radical (unpaired) electrons. The molecule has 0 bridgehead atoms. The molecule has 0 spiro atoms. The number of ether oxygens (including phenoxy) is 3. The third-order valence-corrected chi connectivity index (χ3v) is 9.31. The molecule has 2 aromatic carbocycles. The van der Waals surface area contributed by atoms with Crippen LogP contribution >= 0.6 is 28.1 Å². The van der Waals surface area contributed by atoms with Gasteiger partial charge in [0.15, 0.2) is 4.77 Å². The molecule has 7 rings (SSSR count). The third-order valence-electron chi connectivity index (χ3n) is 8.40. The number of benzene rings is 2. The van der Waals surface area contributed by atoms with Crippen molar-refractivity contribution in [2.24, 2.45) is 0 Å². The van der Waals surface area contributed by atoms with Gasteiger partial charge in [-0.2, -0.15) is 0 Å². The molecule has 40 heavy (non-hydrogen) atoms. The lowest BCUT2D eigenvalue weighted by Crippen LogP contribution is -2.38. The minimum absolute atomic E-state index is 0.0732. The maximum absolute atomic E-state index is 11.5. The van der Waals surface area contributed by atoms with E-state index in [-0.39, 0.29) is 18.0 Å². The predicted octanol–water partition coefficient (Wildman–Crippen LogP) is 5.40. The summed E-state index contributed by atoms with van der Waals surface area (Å²) in [6.07, 6.45) is 2.69. The van der Waals surface area contributed by atoms with Gasteiger partial charge in [0.1, 0.15) is 18.4 Å². The Morgan fingerprint density at radius 3 is 2.70 bits per heavy atom. The predicted molar refractivity (Wildman–Crippen MR) is 159 cm³/mol. The molecule has 3 aliphatic heterocycles. The van der Waals surface area contributed by atoms with E-state index in [0.717, 1.165) is 90.4 Å². The zero-order chi connectivity index (χ0) is 27.2. The number of nitrogens with one attached hydrogen (secondary N) is 1. The van der Waals surface area contributed by atoms with Crippen molar-refractivity contribution in [2.45, 2.75) is 38.0 Å². The number of aromatic amines is 1. The fourth-order valence-corrected chi connectivity index (χ4v) is 7.06. The second kappa shape index (κ2) is 11.0. The van der Waals surface area contributed by atoms with Crippen LogP contribution in [0.5, 0.6) is 11.6 Å². The van der Waals surface area contributed by atoms with Crippen molar-refractivity contribution in [3.8, 4) is 11.6 Å². The van der Waals surface area contributed by atoms with Crippen LogP contribution in [0.25, 0.3) is 10.9 Å². The Labute approximate surface area is 246 Å². The summed E-state index contributed by atoms with van der Waals surface area (Å²) in [6.45, 7) is 6.34. The van der Waals surface area contributed by atoms with Crippen molar-refractivity contribution in [1.82, 2.24) is 19.0 Å². The molecule has 2 atom stereocenters. The number of imidazole rings is 1.